The molecule has 3 rings (SSSR count). The predicted molar refractivity (Wildman–Crippen MR) is 128 cm³/mol. The van der Waals surface area contributed by atoms with Gasteiger partial charge in [-0.3, -0.25) is 0 Å². The maximum absolute atomic E-state index is 11.0. The van der Waals surface area contributed by atoms with Gasteiger partial charge in [-0.15, -0.1) is 0 Å². The fourth-order valence-corrected chi connectivity index (χ4v) is 3.38. The lowest BCUT2D eigenvalue weighted by Crippen LogP contribution is -2.42. The first-order valence-electron chi connectivity index (χ1n) is 11.1. The van der Waals surface area contributed by atoms with Crippen LogP contribution in [0.1, 0.15) is 16.7 Å². The van der Waals surface area contributed by atoms with Gasteiger partial charge in [-0.2, -0.15) is 0 Å². The Bertz CT molecular complexity index is 915. The van der Waals surface area contributed by atoms with Crippen LogP contribution in [0, 0.1) is 0 Å². The minimum atomic E-state index is -0.929. The molecule has 0 amide bonds. The van der Waals surface area contributed by atoms with E-state index in [9.17, 15) is 10.2 Å². The van der Waals surface area contributed by atoms with Crippen LogP contribution in [-0.4, -0.2) is 41.7 Å². The molecule has 0 spiro atoms. The molecule has 3 aromatic rings. The average Bonchev–Trinajstić information content (AvgIpc) is 2.87. The molecule has 5 nitrogen and oxygen atoms in total. The van der Waals surface area contributed by atoms with Crippen molar-refractivity contribution in [3.05, 3.63) is 120 Å². The van der Waals surface area contributed by atoms with E-state index in [0.717, 1.165) is 16.7 Å². The van der Waals surface area contributed by atoms with Crippen LogP contribution in [0.2, 0.25) is 0 Å². The molecule has 0 unspecified atom stereocenters. The smallest absolute Gasteiger partial charge is 0.116 e. The van der Waals surface area contributed by atoms with Crippen molar-refractivity contribution in [2.45, 2.75) is 38.1 Å². The number of ether oxygens (including phenoxy) is 3. The SMILES string of the molecule is OCC=C[C@@H](OCc1ccccc1)[C@H](OCc1ccccc1)[C@H](O)COCc1ccccc1. The molecule has 0 bridgehead atoms. The van der Waals surface area contributed by atoms with Gasteiger partial charge >= 0.3 is 0 Å². The Morgan fingerprint density at radius 1 is 0.667 bits per heavy atom. The summed E-state index contributed by atoms with van der Waals surface area (Å²) in [4.78, 5) is 0. The van der Waals surface area contributed by atoms with Crippen molar-refractivity contribution >= 4 is 0 Å². The summed E-state index contributed by atoms with van der Waals surface area (Å²) in [6.45, 7) is 1.03. The second-order valence-corrected chi connectivity index (χ2v) is 7.70. The van der Waals surface area contributed by atoms with Gasteiger partial charge in [0.25, 0.3) is 0 Å². The van der Waals surface area contributed by atoms with Crippen molar-refractivity contribution < 1.29 is 24.4 Å². The summed E-state index contributed by atoms with van der Waals surface area (Å²) in [5.41, 5.74) is 3.04. The molecule has 3 aromatic carbocycles. The highest BCUT2D eigenvalue weighted by atomic mass is 16.6. The zero-order chi connectivity index (χ0) is 23.1. The van der Waals surface area contributed by atoms with Crippen LogP contribution in [0.15, 0.2) is 103 Å². The maximum atomic E-state index is 11.0. The number of aliphatic hydroxyl groups is 2. The molecule has 3 atom stereocenters. The molecule has 0 fully saturated rings. The zero-order valence-corrected chi connectivity index (χ0v) is 18.7. The van der Waals surface area contributed by atoms with E-state index in [0.29, 0.717) is 19.8 Å². The van der Waals surface area contributed by atoms with Crippen molar-refractivity contribution in [2.24, 2.45) is 0 Å². The third-order valence-electron chi connectivity index (χ3n) is 5.10. The van der Waals surface area contributed by atoms with Crippen molar-refractivity contribution in [1.29, 1.82) is 0 Å². The van der Waals surface area contributed by atoms with Gasteiger partial charge in [-0.05, 0) is 16.7 Å². The highest BCUT2D eigenvalue weighted by Gasteiger charge is 2.29. The van der Waals surface area contributed by atoms with Gasteiger partial charge in [0.15, 0.2) is 0 Å². The highest BCUT2D eigenvalue weighted by molar-refractivity contribution is 5.15. The summed E-state index contributed by atoms with van der Waals surface area (Å²) in [5, 5.41) is 20.3. The van der Waals surface area contributed by atoms with E-state index in [1.54, 1.807) is 12.2 Å². The Kier molecular flexibility index (Phi) is 10.8. The minimum absolute atomic E-state index is 0.0898. The van der Waals surface area contributed by atoms with Crippen LogP contribution in [-0.2, 0) is 34.0 Å². The van der Waals surface area contributed by atoms with Crippen molar-refractivity contribution in [3.8, 4) is 0 Å². The third-order valence-corrected chi connectivity index (χ3v) is 5.10. The number of rotatable bonds is 14. The second kappa shape index (κ2) is 14.4. The molecule has 0 aliphatic heterocycles. The minimum Gasteiger partial charge on any atom is -0.392 e. The monoisotopic (exact) mass is 448 g/mol. The van der Waals surface area contributed by atoms with E-state index in [1.165, 1.54) is 0 Å². The van der Waals surface area contributed by atoms with E-state index in [-0.39, 0.29) is 13.2 Å². The van der Waals surface area contributed by atoms with E-state index in [1.807, 2.05) is 91.0 Å². The average molecular weight is 449 g/mol. The first-order chi connectivity index (χ1) is 16.3. The molecular weight excluding hydrogens is 416 g/mol. The Labute approximate surface area is 195 Å². The Morgan fingerprint density at radius 2 is 1.15 bits per heavy atom. The predicted octanol–water partition coefficient (Wildman–Crippen LogP) is 4.28. The number of hydrogen-bond donors (Lipinski definition) is 2. The topological polar surface area (TPSA) is 68.2 Å². The van der Waals surface area contributed by atoms with Gasteiger partial charge < -0.3 is 24.4 Å². The second-order valence-electron chi connectivity index (χ2n) is 7.70. The molecule has 0 radical (unpaired) electrons. The van der Waals surface area contributed by atoms with E-state index in [2.05, 4.69) is 0 Å². The van der Waals surface area contributed by atoms with Crippen molar-refractivity contribution in [2.75, 3.05) is 13.2 Å². The van der Waals surface area contributed by atoms with Gasteiger partial charge in [-0.1, -0.05) is 103 Å². The van der Waals surface area contributed by atoms with Gasteiger partial charge in [-0.25, -0.2) is 0 Å². The van der Waals surface area contributed by atoms with Crippen LogP contribution >= 0.6 is 0 Å². The Balaban J connectivity index is 1.68. The molecule has 0 aromatic heterocycles. The standard InChI is InChI=1S/C28H32O5/c29-18-10-17-27(32-20-24-13-6-2-7-14-24)28(33-21-25-15-8-3-9-16-25)26(30)22-31-19-23-11-4-1-5-12-23/h1-17,26-30H,18-22H2/t26-,27-,28-/m1/s1. The van der Waals surface area contributed by atoms with Crippen LogP contribution in [0.5, 0.6) is 0 Å². The number of hydrogen-bond acceptors (Lipinski definition) is 5. The van der Waals surface area contributed by atoms with Gasteiger partial charge in [0.05, 0.1) is 33.0 Å². The van der Waals surface area contributed by atoms with Crippen molar-refractivity contribution in [1.82, 2.24) is 0 Å². The van der Waals surface area contributed by atoms with E-state index < -0.39 is 18.3 Å². The summed E-state index contributed by atoms with van der Waals surface area (Å²) >= 11 is 0. The lowest BCUT2D eigenvalue weighted by Gasteiger charge is -2.29. The summed E-state index contributed by atoms with van der Waals surface area (Å²) in [5.74, 6) is 0. The normalized spacial score (nSPS) is 14.2. The van der Waals surface area contributed by atoms with Crippen LogP contribution in [0.3, 0.4) is 0 Å². The Morgan fingerprint density at radius 3 is 1.67 bits per heavy atom. The Hall–Kier alpha value is -2.80. The number of aliphatic hydroxyl groups excluding tert-OH is 2. The third kappa shape index (κ3) is 8.92. The summed E-state index contributed by atoms with van der Waals surface area (Å²) < 4.78 is 18.1. The first-order valence-corrected chi connectivity index (χ1v) is 11.1. The lowest BCUT2D eigenvalue weighted by molar-refractivity contribution is -0.134. The molecule has 0 saturated heterocycles. The van der Waals surface area contributed by atoms with Gasteiger partial charge in [0.2, 0.25) is 0 Å². The first kappa shape index (κ1) is 24.8. The maximum Gasteiger partial charge on any atom is 0.116 e. The summed E-state index contributed by atoms with van der Waals surface area (Å²) in [6.07, 6.45) is 1.15. The molecule has 5 heteroatoms. The zero-order valence-electron chi connectivity index (χ0n) is 18.7. The van der Waals surface area contributed by atoms with Crippen LogP contribution in [0.25, 0.3) is 0 Å². The molecule has 2 N–H and O–H groups in total. The van der Waals surface area contributed by atoms with Crippen molar-refractivity contribution in [3.63, 3.8) is 0 Å². The fraction of sp³-hybridized carbons (Fsp3) is 0.286. The molecule has 0 saturated carbocycles. The molecular formula is C28H32O5. The highest BCUT2D eigenvalue weighted by Crippen LogP contribution is 2.17. The fourth-order valence-electron chi connectivity index (χ4n) is 3.38. The largest absolute Gasteiger partial charge is 0.392 e. The summed E-state index contributed by atoms with van der Waals surface area (Å²) in [7, 11) is 0. The number of benzene rings is 3. The van der Waals surface area contributed by atoms with E-state index >= 15 is 0 Å². The van der Waals surface area contributed by atoms with Crippen LogP contribution in [0.4, 0.5) is 0 Å². The molecule has 0 aliphatic carbocycles. The van der Waals surface area contributed by atoms with Gasteiger partial charge in [0.1, 0.15) is 18.3 Å². The molecule has 0 aliphatic rings. The van der Waals surface area contributed by atoms with Crippen LogP contribution < -0.4 is 0 Å². The van der Waals surface area contributed by atoms with E-state index in [4.69, 9.17) is 14.2 Å². The lowest BCUT2D eigenvalue weighted by atomic mass is 10.1. The molecule has 174 valence electrons. The quantitative estimate of drug-likeness (QED) is 0.360. The molecule has 33 heavy (non-hydrogen) atoms. The summed E-state index contributed by atoms with van der Waals surface area (Å²) in [6, 6.07) is 29.4. The van der Waals surface area contributed by atoms with Gasteiger partial charge in [0, 0.05) is 0 Å². The molecule has 0 heterocycles.